The highest BCUT2D eigenvalue weighted by atomic mass is 16.5. The summed E-state index contributed by atoms with van der Waals surface area (Å²) < 4.78 is 20.2. The van der Waals surface area contributed by atoms with Crippen LogP contribution in [0.1, 0.15) is 16.1 Å². The fourth-order valence-corrected chi connectivity index (χ4v) is 1.85. The van der Waals surface area contributed by atoms with Crippen LogP contribution in [-0.4, -0.2) is 27.3 Å². The molecule has 0 radical (unpaired) electrons. The lowest BCUT2D eigenvalue weighted by Crippen LogP contribution is -2.07. The minimum absolute atomic E-state index is 0.194. The Hall–Kier alpha value is -2.63. The van der Waals surface area contributed by atoms with Gasteiger partial charge in [-0.05, 0) is 6.07 Å². The van der Waals surface area contributed by atoms with E-state index in [1.165, 1.54) is 13.4 Å². The molecule has 0 fully saturated rings. The Morgan fingerprint density at radius 2 is 1.81 bits per heavy atom. The molecule has 1 aromatic heterocycles. The molecular weight excluding hydrogens is 274 g/mol. The number of ether oxygens (including phenoxy) is 3. The maximum absolute atomic E-state index is 11.5. The zero-order chi connectivity index (χ0) is 15.2. The van der Waals surface area contributed by atoms with Gasteiger partial charge in [0, 0.05) is 36.0 Å². The molecule has 0 saturated heterocycles. The third kappa shape index (κ3) is 3.47. The van der Waals surface area contributed by atoms with Crippen LogP contribution in [0.15, 0.2) is 34.9 Å². The van der Waals surface area contributed by atoms with Crippen LogP contribution in [0.2, 0.25) is 0 Å². The largest absolute Gasteiger partial charge is 0.497 e. The summed E-state index contributed by atoms with van der Waals surface area (Å²) in [4.78, 5) is 11.5. The number of hydrogen-bond acceptors (Lipinski definition) is 6. The van der Waals surface area contributed by atoms with Gasteiger partial charge < -0.3 is 23.9 Å². The van der Waals surface area contributed by atoms with E-state index in [1.54, 1.807) is 26.4 Å². The highest BCUT2D eigenvalue weighted by Crippen LogP contribution is 2.26. The monoisotopic (exact) mass is 291 g/mol. The topological polar surface area (TPSA) is 69.9 Å². The van der Waals surface area contributed by atoms with Crippen LogP contribution in [0.3, 0.4) is 0 Å². The lowest BCUT2D eigenvalue weighted by Gasteiger charge is -2.10. The van der Waals surface area contributed by atoms with Crippen LogP contribution in [0.25, 0.3) is 0 Å². The number of rotatable bonds is 6. The van der Waals surface area contributed by atoms with E-state index in [0.29, 0.717) is 23.6 Å². The molecule has 2 rings (SSSR count). The Morgan fingerprint density at radius 3 is 2.38 bits per heavy atom. The van der Waals surface area contributed by atoms with E-state index in [2.05, 4.69) is 10.1 Å². The molecule has 0 aliphatic rings. The number of furan rings is 1. The van der Waals surface area contributed by atoms with Gasteiger partial charge in [-0.3, -0.25) is 0 Å². The van der Waals surface area contributed by atoms with Crippen molar-refractivity contribution >= 4 is 11.7 Å². The van der Waals surface area contributed by atoms with Gasteiger partial charge in [-0.25, -0.2) is 4.79 Å². The minimum Gasteiger partial charge on any atom is -0.497 e. The van der Waals surface area contributed by atoms with Gasteiger partial charge in [0.1, 0.15) is 11.5 Å². The molecule has 0 bridgehead atoms. The van der Waals surface area contributed by atoms with Crippen LogP contribution in [0, 0.1) is 0 Å². The van der Waals surface area contributed by atoms with Crippen molar-refractivity contribution in [2.45, 2.75) is 6.54 Å². The Morgan fingerprint density at radius 1 is 1.14 bits per heavy atom. The van der Waals surface area contributed by atoms with Crippen LogP contribution in [0.4, 0.5) is 5.69 Å². The third-order valence-corrected chi connectivity index (χ3v) is 2.95. The van der Waals surface area contributed by atoms with E-state index in [-0.39, 0.29) is 5.76 Å². The molecule has 0 aliphatic heterocycles. The summed E-state index contributed by atoms with van der Waals surface area (Å²) in [5, 5.41) is 3.19. The smallest absolute Gasteiger partial charge is 0.374 e. The summed E-state index contributed by atoms with van der Waals surface area (Å²) in [6.45, 7) is 0.414. The molecular formula is C15H17NO5. The highest BCUT2D eigenvalue weighted by Gasteiger charge is 2.15. The molecule has 112 valence electrons. The van der Waals surface area contributed by atoms with Crippen LogP contribution in [0.5, 0.6) is 11.5 Å². The zero-order valence-electron chi connectivity index (χ0n) is 12.1. The molecule has 0 amide bonds. The van der Waals surface area contributed by atoms with Crippen molar-refractivity contribution in [3.8, 4) is 11.5 Å². The first-order chi connectivity index (χ1) is 10.2. The molecule has 1 aromatic carbocycles. The molecule has 0 atom stereocenters. The van der Waals surface area contributed by atoms with Gasteiger partial charge in [0.25, 0.3) is 0 Å². The second-order valence-corrected chi connectivity index (χ2v) is 4.22. The number of carbonyl (C=O) groups is 1. The van der Waals surface area contributed by atoms with E-state index < -0.39 is 5.97 Å². The maximum Gasteiger partial charge on any atom is 0.374 e. The predicted molar refractivity (Wildman–Crippen MR) is 76.9 cm³/mol. The van der Waals surface area contributed by atoms with Crippen LogP contribution in [-0.2, 0) is 11.3 Å². The van der Waals surface area contributed by atoms with E-state index >= 15 is 0 Å². The number of anilines is 1. The molecule has 0 aliphatic carbocycles. The highest BCUT2D eigenvalue weighted by molar-refractivity contribution is 5.87. The minimum atomic E-state index is -0.500. The van der Waals surface area contributed by atoms with Gasteiger partial charge in [0.2, 0.25) is 5.76 Å². The van der Waals surface area contributed by atoms with Crippen molar-refractivity contribution in [1.82, 2.24) is 0 Å². The Kier molecular flexibility index (Phi) is 4.71. The number of benzene rings is 1. The van der Waals surface area contributed by atoms with E-state index in [1.807, 2.05) is 12.1 Å². The molecule has 0 unspecified atom stereocenters. The number of nitrogens with one attached hydrogen (secondary N) is 1. The number of hydrogen-bond donors (Lipinski definition) is 1. The zero-order valence-corrected chi connectivity index (χ0v) is 12.1. The predicted octanol–water partition coefficient (Wildman–Crippen LogP) is 2.70. The van der Waals surface area contributed by atoms with Gasteiger partial charge in [-0.15, -0.1) is 0 Å². The summed E-state index contributed by atoms with van der Waals surface area (Å²) in [6.07, 6.45) is 1.45. The summed E-state index contributed by atoms with van der Waals surface area (Å²) in [6, 6.07) is 7.17. The second kappa shape index (κ2) is 6.69. The normalized spacial score (nSPS) is 10.0. The number of methoxy groups -OCH3 is 3. The average Bonchev–Trinajstić information content (AvgIpc) is 3.00. The van der Waals surface area contributed by atoms with Crippen molar-refractivity contribution in [3.63, 3.8) is 0 Å². The first-order valence-corrected chi connectivity index (χ1v) is 6.29. The lowest BCUT2D eigenvalue weighted by molar-refractivity contribution is 0.0563. The summed E-state index contributed by atoms with van der Waals surface area (Å²) in [5.41, 5.74) is 1.52. The molecule has 21 heavy (non-hydrogen) atoms. The molecule has 6 nitrogen and oxygen atoms in total. The van der Waals surface area contributed by atoms with E-state index in [4.69, 9.17) is 13.9 Å². The van der Waals surface area contributed by atoms with Gasteiger partial charge in [-0.2, -0.15) is 0 Å². The molecule has 2 aromatic rings. The first kappa shape index (κ1) is 14.8. The summed E-state index contributed by atoms with van der Waals surface area (Å²) in [5.74, 6) is 1.05. The first-order valence-electron chi connectivity index (χ1n) is 6.29. The van der Waals surface area contributed by atoms with Crippen molar-refractivity contribution in [3.05, 3.63) is 41.9 Å². The average molecular weight is 291 g/mol. The van der Waals surface area contributed by atoms with Gasteiger partial charge in [-0.1, -0.05) is 0 Å². The van der Waals surface area contributed by atoms with E-state index in [9.17, 15) is 4.79 Å². The summed E-state index contributed by atoms with van der Waals surface area (Å²) in [7, 11) is 4.49. The van der Waals surface area contributed by atoms with Crippen molar-refractivity contribution in [2.24, 2.45) is 0 Å². The van der Waals surface area contributed by atoms with E-state index in [0.717, 1.165) is 5.69 Å². The van der Waals surface area contributed by atoms with Gasteiger partial charge >= 0.3 is 5.97 Å². The Balaban J connectivity index is 2.13. The second-order valence-electron chi connectivity index (χ2n) is 4.22. The molecule has 0 saturated carbocycles. The molecule has 6 heteroatoms. The lowest BCUT2D eigenvalue weighted by atomic mass is 10.2. The van der Waals surface area contributed by atoms with Crippen molar-refractivity contribution in [2.75, 3.05) is 26.6 Å². The fraction of sp³-hybridized carbons (Fsp3) is 0.267. The maximum atomic E-state index is 11.5. The Labute approximate surface area is 122 Å². The SMILES string of the molecule is COC(=O)c1occc1CNc1cc(OC)cc(OC)c1. The standard InChI is InChI=1S/C15H17NO5/c1-18-12-6-11(7-13(8-12)19-2)16-9-10-4-5-21-14(10)15(17)20-3/h4-8,16H,9H2,1-3H3. The summed E-state index contributed by atoms with van der Waals surface area (Å²) >= 11 is 0. The van der Waals surface area contributed by atoms with Gasteiger partial charge in [0.15, 0.2) is 0 Å². The Bertz CT molecular complexity index is 598. The molecule has 1 heterocycles. The van der Waals surface area contributed by atoms with Gasteiger partial charge in [0.05, 0.1) is 27.6 Å². The van der Waals surface area contributed by atoms with Crippen molar-refractivity contribution < 1.29 is 23.4 Å². The molecule has 1 N–H and O–H groups in total. The van der Waals surface area contributed by atoms with Crippen LogP contribution < -0.4 is 14.8 Å². The number of carbonyl (C=O) groups excluding carboxylic acids is 1. The quantitative estimate of drug-likeness (QED) is 0.825. The number of esters is 1. The third-order valence-electron chi connectivity index (χ3n) is 2.95. The van der Waals surface area contributed by atoms with Crippen LogP contribution >= 0.6 is 0 Å². The fourth-order valence-electron chi connectivity index (χ4n) is 1.85. The van der Waals surface area contributed by atoms with Crippen molar-refractivity contribution in [1.29, 1.82) is 0 Å². The molecule has 0 spiro atoms.